The first-order chi connectivity index (χ1) is 8.81. The number of nitrogens with two attached hydrogens (primary N) is 1. The summed E-state index contributed by atoms with van der Waals surface area (Å²) in [4.78, 5) is 1.35. The minimum Gasteiger partial charge on any atom is -0.381 e. The fraction of sp³-hybridized carbons (Fsp3) is 0.571. The summed E-state index contributed by atoms with van der Waals surface area (Å²) in [7, 11) is 0. The van der Waals surface area contributed by atoms with Crippen molar-refractivity contribution in [2.24, 2.45) is 11.8 Å². The zero-order chi connectivity index (χ0) is 12.8. The smallest absolute Gasteiger partial charge is 0.0469 e. The molecule has 1 saturated heterocycles. The Balaban J connectivity index is 1.88. The summed E-state index contributed by atoms with van der Waals surface area (Å²) >= 11 is 1.89. The molecule has 0 aromatic heterocycles. The molecule has 1 aliphatic rings. The molecular formula is C14H22N2OS. The van der Waals surface area contributed by atoms with Gasteiger partial charge < -0.3 is 4.74 Å². The molecule has 2 rings (SSSR count). The van der Waals surface area contributed by atoms with Crippen LogP contribution >= 0.6 is 11.8 Å². The van der Waals surface area contributed by atoms with Gasteiger partial charge in [0, 0.05) is 29.9 Å². The predicted octanol–water partition coefficient (Wildman–Crippen LogP) is 2.35. The Morgan fingerprint density at radius 1 is 1.39 bits per heavy atom. The second-order valence-corrected chi connectivity index (χ2v) is 5.86. The standard InChI is InChI=1S/C14H22N2OS/c1-11-4-2-3-5-14(11)18-10-13(16-15)12-6-8-17-9-7-12/h2-5,12-13,16H,6-10,15H2,1H3. The summed E-state index contributed by atoms with van der Waals surface area (Å²) in [5.41, 5.74) is 4.32. The lowest BCUT2D eigenvalue weighted by Gasteiger charge is -2.29. The largest absolute Gasteiger partial charge is 0.381 e. The van der Waals surface area contributed by atoms with E-state index in [1.165, 1.54) is 10.5 Å². The van der Waals surface area contributed by atoms with Crippen LogP contribution in [-0.4, -0.2) is 25.0 Å². The molecule has 100 valence electrons. The first kappa shape index (κ1) is 13.9. The van der Waals surface area contributed by atoms with Crippen molar-refractivity contribution < 1.29 is 4.74 Å². The fourth-order valence-corrected chi connectivity index (χ4v) is 3.53. The maximum absolute atomic E-state index is 5.70. The van der Waals surface area contributed by atoms with Crippen molar-refractivity contribution in [2.45, 2.75) is 30.7 Å². The van der Waals surface area contributed by atoms with Crippen LogP contribution in [0.2, 0.25) is 0 Å². The van der Waals surface area contributed by atoms with Crippen LogP contribution in [0.25, 0.3) is 0 Å². The molecule has 0 radical (unpaired) electrons. The van der Waals surface area contributed by atoms with E-state index in [2.05, 4.69) is 36.6 Å². The zero-order valence-corrected chi connectivity index (χ0v) is 11.7. The summed E-state index contributed by atoms with van der Waals surface area (Å²) in [5, 5.41) is 0. The molecule has 1 atom stereocenters. The summed E-state index contributed by atoms with van der Waals surface area (Å²) in [5.74, 6) is 7.36. The van der Waals surface area contributed by atoms with Gasteiger partial charge in [-0.15, -0.1) is 11.8 Å². The molecular weight excluding hydrogens is 244 g/mol. The number of hydrogen-bond acceptors (Lipinski definition) is 4. The SMILES string of the molecule is Cc1ccccc1SCC(NN)C1CCOCC1. The van der Waals surface area contributed by atoms with E-state index in [9.17, 15) is 0 Å². The number of ether oxygens (including phenoxy) is 1. The third-order valence-corrected chi connectivity index (χ3v) is 4.86. The minimum absolute atomic E-state index is 0.374. The average molecular weight is 266 g/mol. The quantitative estimate of drug-likeness (QED) is 0.488. The molecule has 4 heteroatoms. The highest BCUT2D eigenvalue weighted by molar-refractivity contribution is 7.99. The lowest BCUT2D eigenvalue weighted by Crippen LogP contribution is -2.44. The molecule has 0 saturated carbocycles. The van der Waals surface area contributed by atoms with E-state index in [1.54, 1.807) is 0 Å². The molecule has 1 aromatic rings. The molecule has 3 nitrogen and oxygen atoms in total. The molecule has 1 heterocycles. The number of hydrazine groups is 1. The van der Waals surface area contributed by atoms with Gasteiger partial charge in [0.05, 0.1) is 0 Å². The Labute approximate surface area is 113 Å². The summed E-state index contributed by atoms with van der Waals surface area (Å²) < 4.78 is 5.40. The van der Waals surface area contributed by atoms with Crippen LogP contribution in [0.4, 0.5) is 0 Å². The molecule has 0 amide bonds. The monoisotopic (exact) mass is 266 g/mol. The van der Waals surface area contributed by atoms with Gasteiger partial charge >= 0.3 is 0 Å². The molecule has 3 N–H and O–H groups in total. The van der Waals surface area contributed by atoms with Gasteiger partial charge in [0.1, 0.15) is 0 Å². The van der Waals surface area contributed by atoms with E-state index in [1.807, 2.05) is 11.8 Å². The zero-order valence-electron chi connectivity index (χ0n) is 10.9. The fourth-order valence-electron chi connectivity index (χ4n) is 2.34. The number of aryl methyl sites for hydroxylation is 1. The van der Waals surface area contributed by atoms with Crippen molar-refractivity contribution >= 4 is 11.8 Å². The maximum Gasteiger partial charge on any atom is 0.0469 e. The van der Waals surface area contributed by atoms with Crippen LogP contribution in [0, 0.1) is 12.8 Å². The van der Waals surface area contributed by atoms with E-state index in [-0.39, 0.29) is 0 Å². The molecule has 1 aromatic carbocycles. The van der Waals surface area contributed by atoms with Crippen molar-refractivity contribution in [1.82, 2.24) is 5.43 Å². The minimum atomic E-state index is 0.374. The highest BCUT2D eigenvalue weighted by Crippen LogP contribution is 2.26. The van der Waals surface area contributed by atoms with Gasteiger partial charge in [-0.2, -0.15) is 0 Å². The van der Waals surface area contributed by atoms with Gasteiger partial charge in [0.2, 0.25) is 0 Å². The lowest BCUT2D eigenvalue weighted by atomic mass is 9.93. The molecule has 18 heavy (non-hydrogen) atoms. The van der Waals surface area contributed by atoms with E-state index in [0.29, 0.717) is 12.0 Å². The van der Waals surface area contributed by atoms with E-state index in [0.717, 1.165) is 31.8 Å². The first-order valence-corrected chi connectivity index (χ1v) is 7.52. The molecule has 1 fully saturated rings. The van der Waals surface area contributed by atoms with Crippen LogP contribution in [0.1, 0.15) is 18.4 Å². The Morgan fingerprint density at radius 2 is 2.11 bits per heavy atom. The van der Waals surface area contributed by atoms with Gasteiger partial charge in [0.15, 0.2) is 0 Å². The second-order valence-electron chi connectivity index (χ2n) is 4.80. The van der Waals surface area contributed by atoms with Crippen LogP contribution < -0.4 is 11.3 Å². The Bertz CT molecular complexity index is 367. The van der Waals surface area contributed by atoms with Crippen LogP contribution in [-0.2, 0) is 4.74 Å². The third kappa shape index (κ3) is 3.72. The van der Waals surface area contributed by atoms with Gasteiger partial charge in [0.25, 0.3) is 0 Å². The lowest BCUT2D eigenvalue weighted by molar-refractivity contribution is 0.0566. The van der Waals surface area contributed by atoms with E-state index >= 15 is 0 Å². The van der Waals surface area contributed by atoms with E-state index in [4.69, 9.17) is 10.6 Å². The number of rotatable bonds is 5. The molecule has 1 unspecified atom stereocenters. The van der Waals surface area contributed by atoms with Gasteiger partial charge in [-0.05, 0) is 37.3 Å². The van der Waals surface area contributed by atoms with Crippen LogP contribution in [0.5, 0.6) is 0 Å². The molecule has 0 aliphatic carbocycles. The van der Waals surface area contributed by atoms with Crippen molar-refractivity contribution in [3.8, 4) is 0 Å². The highest BCUT2D eigenvalue weighted by Gasteiger charge is 2.23. The highest BCUT2D eigenvalue weighted by atomic mass is 32.2. The van der Waals surface area contributed by atoms with Crippen molar-refractivity contribution in [1.29, 1.82) is 0 Å². The normalized spacial score (nSPS) is 18.8. The number of thioether (sulfide) groups is 1. The Hall–Kier alpha value is -0.550. The number of nitrogens with one attached hydrogen (secondary N) is 1. The van der Waals surface area contributed by atoms with E-state index < -0.39 is 0 Å². The van der Waals surface area contributed by atoms with Gasteiger partial charge in [-0.25, -0.2) is 0 Å². The number of hydrogen-bond donors (Lipinski definition) is 2. The Morgan fingerprint density at radius 3 is 2.78 bits per heavy atom. The molecule has 0 bridgehead atoms. The van der Waals surface area contributed by atoms with Crippen molar-refractivity contribution in [3.63, 3.8) is 0 Å². The third-order valence-electron chi connectivity index (χ3n) is 3.56. The summed E-state index contributed by atoms with van der Waals surface area (Å²) in [6.45, 7) is 3.90. The van der Waals surface area contributed by atoms with Crippen molar-refractivity contribution in [3.05, 3.63) is 29.8 Å². The average Bonchev–Trinajstić information content (AvgIpc) is 2.42. The summed E-state index contributed by atoms with van der Waals surface area (Å²) in [6.07, 6.45) is 2.23. The predicted molar refractivity (Wildman–Crippen MR) is 76.6 cm³/mol. The van der Waals surface area contributed by atoms with Crippen LogP contribution in [0.3, 0.4) is 0 Å². The van der Waals surface area contributed by atoms with Gasteiger partial charge in [-0.3, -0.25) is 11.3 Å². The molecule has 1 aliphatic heterocycles. The topological polar surface area (TPSA) is 47.3 Å². The number of benzene rings is 1. The molecule has 0 spiro atoms. The first-order valence-electron chi connectivity index (χ1n) is 6.53. The summed E-state index contributed by atoms with van der Waals surface area (Å²) in [6, 6.07) is 8.88. The van der Waals surface area contributed by atoms with Crippen molar-refractivity contribution in [2.75, 3.05) is 19.0 Å². The van der Waals surface area contributed by atoms with Gasteiger partial charge in [-0.1, -0.05) is 18.2 Å². The van der Waals surface area contributed by atoms with Crippen LogP contribution in [0.15, 0.2) is 29.2 Å². The second kappa shape index (κ2) is 7.14. The maximum atomic E-state index is 5.70. The Kier molecular flexibility index (Phi) is 5.50.